The predicted molar refractivity (Wildman–Crippen MR) is 47.7 cm³/mol. The van der Waals surface area contributed by atoms with E-state index in [0.717, 1.165) is 12.1 Å². The van der Waals surface area contributed by atoms with Crippen molar-refractivity contribution in [1.82, 2.24) is 10.3 Å². The van der Waals surface area contributed by atoms with Gasteiger partial charge in [0.15, 0.2) is 0 Å². The van der Waals surface area contributed by atoms with E-state index in [0.29, 0.717) is 0 Å². The summed E-state index contributed by atoms with van der Waals surface area (Å²) in [5.74, 6) is 0. The van der Waals surface area contributed by atoms with Crippen LogP contribution in [0.5, 0.6) is 0 Å². The second-order valence-electron chi connectivity index (χ2n) is 2.58. The Morgan fingerprint density at radius 2 is 2.50 bits per heavy atom. The van der Waals surface area contributed by atoms with Crippen LogP contribution in [-0.2, 0) is 0 Å². The molecule has 1 atom stereocenters. The summed E-state index contributed by atoms with van der Waals surface area (Å²) in [6.45, 7) is 2.97. The molecule has 0 fully saturated rings. The standard InChI is InChI=1S/C9H14N2O/c1-2-11-9(7-12)8-4-3-5-10-6-8/h3-6,9,11-12H,2,7H2,1H3. The van der Waals surface area contributed by atoms with Crippen LogP contribution in [0.3, 0.4) is 0 Å². The van der Waals surface area contributed by atoms with Crippen molar-refractivity contribution in [3.05, 3.63) is 30.1 Å². The molecule has 0 radical (unpaired) electrons. The molecule has 2 N–H and O–H groups in total. The summed E-state index contributed by atoms with van der Waals surface area (Å²) in [6.07, 6.45) is 3.49. The summed E-state index contributed by atoms with van der Waals surface area (Å²) in [4.78, 5) is 3.98. The number of hydrogen-bond donors (Lipinski definition) is 2. The smallest absolute Gasteiger partial charge is 0.0627 e. The van der Waals surface area contributed by atoms with Gasteiger partial charge in [0.05, 0.1) is 12.6 Å². The summed E-state index contributed by atoms with van der Waals surface area (Å²) in [7, 11) is 0. The monoisotopic (exact) mass is 166 g/mol. The fraction of sp³-hybridized carbons (Fsp3) is 0.444. The Morgan fingerprint density at radius 3 is 3.00 bits per heavy atom. The molecule has 66 valence electrons. The van der Waals surface area contributed by atoms with Gasteiger partial charge in [-0.15, -0.1) is 0 Å². The van der Waals surface area contributed by atoms with Crippen LogP contribution in [0.4, 0.5) is 0 Å². The largest absolute Gasteiger partial charge is 0.394 e. The second-order valence-corrected chi connectivity index (χ2v) is 2.58. The average molecular weight is 166 g/mol. The van der Waals surface area contributed by atoms with Crippen molar-refractivity contribution >= 4 is 0 Å². The Bertz CT molecular complexity index is 213. The van der Waals surface area contributed by atoms with E-state index in [-0.39, 0.29) is 12.6 Å². The van der Waals surface area contributed by atoms with E-state index in [1.165, 1.54) is 0 Å². The number of rotatable bonds is 4. The van der Waals surface area contributed by atoms with E-state index < -0.39 is 0 Å². The van der Waals surface area contributed by atoms with Crippen LogP contribution in [-0.4, -0.2) is 23.2 Å². The fourth-order valence-corrected chi connectivity index (χ4v) is 1.12. The van der Waals surface area contributed by atoms with E-state index in [1.807, 2.05) is 19.1 Å². The molecule has 12 heavy (non-hydrogen) atoms. The lowest BCUT2D eigenvalue weighted by Gasteiger charge is -2.14. The highest BCUT2D eigenvalue weighted by Crippen LogP contribution is 2.09. The molecule has 1 unspecified atom stereocenters. The van der Waals surface area contributed by atoms with Gasteiger partial charge in [-0.25, -0.2) is 0 Å². The van der Waals surface area contributed by atoms with Gasteiger partial charge in [0, 0.05) is 12.4 Å². The molecule has 0 aromatic carbocycles. The molecular formula is C9H14N2O. The van der Waals surface area contributed by atoms with Crippen LogP contribution in [0.2, 0.25) is 0 Å². The van der Waals surface area contributed by atoms with Crippen LogP contribution in [0.15, 0.2) is 24.5 Å². The summed E-state index contributed by atoms with van der Waals surface area (Å²) in [5, 5.41) is 12.2. The minimum atomic E-state index is 0.0173. The lowest BCUT2D eigenvalue weighted by molar-refractivity contribution is 0.246. The number of likely N-dealkylation sites (N-methyl/N-ethyl adjacent to an activating group) is 1. The maximum atomic E-state index is 9.02. The summed E-state index contributed by atoms with van der Waals surface area (Å²) < 4.78 is 0. The first-order chi connectivity index (χ1) is 5.88. The maximum Gasteiger partial charge on any atom is 0.0627 e. The van der Waals surface area contributed by atoms with E-state index in [1.54, 1.807) is 12.4 Å². The highest BCUT2D eigenvalue weighted by molar-refractivity contribution is 5.13. The Kier molecular flexibility index (Phi) is 3.70. The van der Waals surface area contributed by atoms with E-state index in [9.17, 15) is 0 Å². The molecule has 0 spiro atoms. The van der Waals surface area contributed by atoms with Crippen molar-refractivity contribution in [3.63, 3.8) is 0 Å². The molecule has 1 heterocycles. The lowest BCUT2D eigenvalue weighted by atomic mass is 10.1. The number of pyridine rings is 1. The number of aromatic nitrogens is 1. The quantitative estimate of drug-likeness (QED) is 0.693. The number of aliphatic hydroxyl groups excluding tert-OH is 1. The number of nitrogens with zero attached hydrogens (tertiary/aromatic N) is 1. The molecule has 1 aromatic heterocycles. The first kappa shape index (κ1) is 9.16. The van der Waals surface area contributed by atoms with Crippen molar-refractivity contribution in [3.8, 4) is 0 Å². The molecule has 0 saturated heterocycles. The Morgan fingerprint density at radius 1 is 1.67 bits per heavy atom. The molecule has 0 aliphatic carbocycles. The SMILES string of the molecule is CCNC(CO)c1cccnc1. The van der Waals surface area contributed by atoms with Crippen LogP contribution in [0, 0.1) is 0 Å². The molecule has 0 saturated carbocycles. The molecule has 0 amide bonds. The normalized spacial score (nSPS) is 12.8. The summed E-state index contributed by atoms with van der Waals surface area (Å²) in [5.41, 5.74) is 1.03. The van der Waals surface area contributed by atoms with Gasteiger partial charge in [-0.05, 0) is 18.2 Å². The molecule has 1 rings (SSSR count). The predicted octanol–water partition coefficient (Wildman–Crippen LogP) is 0.725. The Balaban J connectivity index is 2.66. The van der Waals surface area contributed by atoms with E-state index in [4.69, 9.17) is 5.11 Å². The third kappa shape index (κ3) is 2.29. The zero-order valence-corrected chi connectivity index (χ0v) is 7.20. The van der Waals surface area contributed by atoms with Gasteiger partial charge in [-0.3, -0.25) is 4.98 Å². The highest BCUT2D eigenvalue weighted by Gasteiger charge is 2.06. The summed E-state index contributed by atoms with van der Waals surface area (Å²) in [6, 6.07) is 3.84. The van der Waals surface area contributed by atoms with Crippen molar-refractivity contribution in [1.29, 1.82) is 0 Å². The molecule has 0 aliphatic rings. The minimum Gasteiger partial charge on any atom is -0.394 e. The molecular weight excluding hydrogens is 152 g/mol. The lowest BCUT2D eigenvalue weighted by Crippen LogP contribution is -2.23. The van der Waals surface area contributed by atoms with Crippen molar-refractivity contribution in [2.45, 2.75) is 13.0 Å². The number of nitrogens with one attached hydrogen (secondary N) is 1. The van der Waals surface area contributed by atoms with Crippen LogP contribution < -0.4 is 5.32 Å². The number of aliphatic hydroxyl groups is 1. The Hall–Kier alpha value is -0.930. The van der Waals surface area contributed by atoms with Gasteiger partial charge in [0.1, 0.15) is 0 Å². The zero-order valence-electron chi connectivity index (χ0n) is 7.20. The number of hydrogen-bond acceptors (Lipinski definition) is 3. The van der Waals surface area contributed by atoms with Crippen molar-refractivity contribution in [2.24, 2.45) is 0 Å². The first-order valence-corrected chi connectivity index (χ1v) is 4.12. The van der Waals surface area contributed by atoms with Crippen LogP contribution in [0.1, 0.15) is 18.5 Å². The third-order valence-corrected chi connectivity index (χ3v) is 1.72. The van der Waals surface area contributed by atoms with Crippen molar-refractivity contribution < 1.29 is 5.11 Å². The first-order valence-electron chi connectivity index (χ1n) is 4.12. The summed E-state index contributed by atoms with van der Waals surface area (Å²) >= 11 is 0. The molecule has 1 aromatic rings. The van der Waals surface area contributed by atoms with E-state index in [2.05, 4.69) is 10.3 Å². The zero-order chi connectivity index (χ0) is 8.81. The second kappa shape index (κ2) is 4.85. The highest BCUT2D eigenvalue weighted by atomic mass is 16.3. The van der Waals surface area contributed by atoms with Gasteiger partial charge in [-0.1, -0.05) is 13.0 Å². The molecule has 3 nitrogen and oxygen atoms in total. The van der Waals surface area contributed by atoms with Crippen molar-refractivity contribution in [2.75, 3.05) is 13.2 Å². The van der Waals surface area contributed by atoms with Crippen LogP contribution in [0.25, 0.3) is 0 Å². The van der Waals surface area contributed by atoms with Gasteiger partial charge < -0.3 is 10.4 Å². The minimum absolute atomic E-state index is 0.0173. The molecule has 0 bridgehead atoms. The van der Waals surface area contributed by atoms with Gasteiger partial charge in [0.2, 0.25) is 0 Å². The average Bonchev–Trinajstić information content (AvgIpc) is 2.15. The van der Waals surface area contributed by atoms with Gasteiger partial charge in [-0.2, -0.15) is 0 Å². The van der Waals surface area contributed by atoms with E-state index >= 15 is 0 Å². The molecule has 0 aliphatic heterocycles. The maximum absolute atomic E-state index is 9.02. The molecule has 3 heteroatoms. The third-order valence-electron chi connectivity index (χ3n) is 1.72. The van der Waals surface area contributed by atoms with Crippen LogP contribution >= 0.6 is 0 Å². The van der Waals surface area contributed by atoms with Gasteiger partial charge in [0.25, 0.3) is 0 Å². The topological polar surface area (TPSA) is 45.1 Å². The van der Waals surface area contributed by atoms with Gasteiger partial charge >= 0.3 is 0 Å². The Labute approximate surface area is 72.5 Å². The fourth-order valence-electron chi connectivity index (χ4n) is 1.12.